The zero-order chi connectivity index (χ0) is 14.5. The van der Waals surface area contributed by atoms with Gasteiger partial charge in [-0.3, -0.25) is 9.48 Å². The molecule has 20 heavy (non-hydrogen) atoms. The minimum Gasteiger partial charge on any atom is -0.320 e. The van der Waals surface area contributed by atoms with Crippen molar-refractivity contribution in [3.8, 4) is 11.8 Å². The summed E-state index contributed by atoms with van der Waals surface area (Å²) >= 11 is 0. The minimum atomic E-state index is -0.213. The first-order valence-electron chi connectivity index (χ1n) is 6.20. The summed E-state index contributed by atoms with van der Waals surface area (Å²) in [4.78, 5) is 12.3. The Morgan fingerprint density at radius 1 is 1.45 bits per heavy atom. The van der Waals surface area contributed by atoms with Crippen molar-refractivity contribution in [1.29, 1.82) is 0 Å². The number of hydrogen-bond donors (Lipinski definition) is 2. The molecule has 0 saturated carbocycles. The van der Waals surface area contributed by atoms with Gasteiger partial charge in [-0.25, -0.2) is 0 Å². The predicted octanol–water partition coefficient (Wildman–Crippen LogP) is 1.29. The van der Waals surface area contributed by atoms with Crippen LogP contribution in [0.4, 0.5) is 5.82 Å². The van der Waals surface area contributed by atoms with Crippen molar-refractivity contribution >= 4 is 11.7 Å². The Bertz CT molecular complexity index is 691. The van der Waals surface area contributed by atoms with Gasteiger partial charge in [-0.2, -0.15) is 5.10 Å². The van der Waals surface area contributed by atoms with Crippen LogP contribution >= 0.6 is 0 Å². The normalized spacial score (nSPS) is 9.75. The van der Waals surface area contributed by atoms with E-state index in [1.165, 1.54) is 0 Å². The second-order valence-corrected chi connectivity index (χ2v) is 4.35. The Balaban J connectivity index is 2.32. The van der Waals surface area contributed by atoms with Crippen molar-refractivity contribution in [3.05, 3.63) is 47.2 Å². The molecular weight excluding hydrogens is 252 g/mol. The molecule has 0 spiro atoms. The summed E-state index contributed by atoms with van der Waals surface area (Å²) in [6, 6.07) is 7.26. The first-order valence-corrected chi connectivity index (χ1v) is 6.20. The molecule has 1 aromatic heterocycles. The largest absolute Gasteiger partial charge is 0.320 e. The number of benzene rings is 1. The van der Waals surface area contributed by atoms with Gasteiger partial charge >= 0.3 is 0 Å². The van der Waals surface area contributed by atoms with Gasteiger partial charge in [-0.1, -0.05) is 17.9 Å². The summed E-state index contributed by atoms with van der Waals surface area (Å²) in [7, 11) is 1.76. The van der Waals surface area contributed by atoms with Gasteiger partial charge in [-0.05, 0) is 24.6 Å². The monoisotopic (exact) mass is 268 g/mol. The van der Waals surface area contributed by atoms with Crippen molar-refractivity contribution in [1.82, 2.24) is 9.78 Å². The highest BCUT2D eigenvalue weighted by Gasteiger charge is 2.12. The summed E-state index contributed by atoms with van der Waals surface area (Å²) in [6.45, 7) is 2.22. The van der Waals surface area contributed by atoms with Gasteiger partial charge in [0.2, 0.25) is 0 Å². The molecule has 0 radical (unpaired) electrons. The Hall–Kier alpha value is -2.58. The number of hydrogen-bond acceptors (Lipinski definition) is 3. The maximum absolute atomic E-state index is 12.3. The van der Waals surface area contributed by atoms with E-state index in [2.05, 4.69) is 22.3 Å². The lowest BCUT2D eigenvalue weighted by Crippen LogP contribution is -2.16. The molecule has 0 saturated heterocycles. The van der Waals surface area contributed by atoms with E-state index < -0.39 is 0 Å². The van der Waals surface area contributed by atoms with Gasteiger partial charge in [0, 0.05) is 18.7 Å². The van der Waals surface area contributed by atoms with E-state index in [9.17, 15) is 4.79 Å². The summed E-state index contributed by atoms with van der Waals surface area (Å²) in [5.74, 6) is 6.13. The van der Waals surface area contributed by atoms with Gasteiger partial charge in [0.15, 0.2) is 0 Å². The lowest BCUT2D eigenvalue weighted by molar-refractivity contribution is 0.102. The first kappa shape index (κ1) is 13.8. The molecule has 1 amide bonds. The highest BCUT2D eigenvalue weighted by Crippen LogP contribution is 2.13. The molecule has 0 fully saturated rings. The van der Waals surface area contributed by atoms with E-state index in [0.717, 1.165) is 5.56 Å². The Kier molecular flexibility index (Phi) is 4.18. The lowest BCUT2D eigenvalue weighted by atomic mass is 10.0. The summed E-state index contributed by atoms with van der Waals surface area (Å²) in [5.41, 5.74) is 7.63. The second kappa shape index (κ2) is 6.04. The third-order valence-electron chi connectivity index (χ3n) is 2.81. The van der Waals surface area contributed by atoms with Crippen LogP contribution in [0.2, 0.25) is 0 Å². The van der Waals surface area contributed by atoms with Gasteiger partial charge < -0.3 is 11.1 Å². The van der Waals surface area contributed by atoms with Crippen molar-refractivity contribution in [3.63, 3.8) is 0 Å². The van der Waals surface area contributed by atoms with E-state index in [4.69, 9.17) is 5.73 Å². The number of aromatic nitrogens is 2. The number of anilines is 1. The smallest absolute Gasteiger partial charge is 0.258 e. The summed E-state index contributed by atoms with van der Waals surface area (Å²) < 4.78 is 1.59. The van der Waals surface area contributed by atoms with E-state index in [1.54, 1.807) is 30.1 Å². The quantitative estimate of drug-likeness (QED) is 0.806. The molecule has 1 aromatic carbocycles. The van der Waals surface area contributed by atoms with Crippen LogP contribution in [-0.4, -0.2) is 22.2 Å². The Morgan fingerprint density at radius 3 is 2.90 bits per heavy atom. The molecule has 0 aliphatic rings. The number of nitrogens with two attached hydrogens (primary N) is 1. The van der Waals surface area contributed by atoms with Gasteiger partial charge in [0.05, 0.1) is 18.3 Å². The Morgan fingerprint density at radius 2 is 2.25 bits per heavy atom. The van der Waals surface area contributed by atoms with E-state index in [0.29, 0.717) is 16.9 Å². The molecular formula is C15H16N4O. The van der Waals surface area contributed by atoms with Crippen LogP contribution in [0.25, 0.3) is 0 Å². The third kappa shape index (κ3) is 3.05. The molecule has 2 aromatic rings. The third-order valence-corrected chi connectivity index (χ3v) is 2.81. The second-order valence-electron chi connectivity index (χ2n) is 4.35. The number of aryl methyl sites for hydroxylation is 2. The highest BCUT2D eigenvalue weighted by molar-refractivity contribution is 6.05. The number of nitrogens with one attached hydrogen (secondary N) is 1. The van der Waals surface area contributed by atoms with Crippen LogP contribution < -0.4 is 11.1 Å². The number of nitrogens with zero attached hydrogens (tertiary/aromatic N) is 2. The molecule has 2 rings (SSSR count). The van der Waals surface area contributed by atoms with Crippen molar-refractivity contribution in [2.45, 2.75) is 6.92 Å². The fraction of sp³-hybridized carbons (Fsp3) is 0.200. The highest BCUT2D eigenvalue weighted by atomic mass is 16.1. The molecule has 5 heteroatoms. The lowest BCUT2D eigenvalue weighted by Gasteiger charge is -2.08. The topological polar surface area (TPSA) is 72.9 Å². The van der Waals surface area contributed by atoms with Crippen LogP contribution in [0.15, 0.2) is 30.5 Å². The molecule has 0 aliphatic carbocycles. The molecule has 0 bridgehead atoms. The average molecular weight is 268 g/mol. The maximum atomic E-state index is 12.3. The van der Waals surface area contributed by atoms with E-state index in [1.807, 2.05) is 19.1 Å². The maximum Gasteiger partial charge on any atom is 0.258 e. The molecule has 0 unspecified atom stereocenters. The zero-order valence-electron chi connectivity index (χ0n) is 11.5. The van der Waals surface area contributed by atoms with Crippen LogP contribution in [0.1, 0.15) is 21.5 Å². The van der Waals surface area contributed by atoms with Crippen LogP contribution in [0, 0.1) is 18.8 Å². The summed E-state index contributed by atoms with van der Waals surface area (Å²) in [6.07, 6.45) is 1.62. The van der Waals surface area contributed by atoms with Crippen LogP contribution in [0.3, 0.4) is 0 Å². The van der Waals surface area contributed by atoms with Gasteiger partial charge in [0.25, 0.3) is 5.91 Å². The molecule has 1 heterocycles. The van der Waals surface area contributed by atoms with Crippen LogP contribution in [0.5, 0.6) is 0 Å². The first-order chi connectivity index (χ1) is 9.61. The predicted molar refractivity (Wildman–Crippen MR) is 78.3 cm³/mol. The fourth-order valence-electron chi connectivity index (χ4n) is 1.79. The van der Waals surface area contributed by atoms with Gasteiger partial charge in [0.1, 0.15) is 5.82 Å². The van der Waals surface area contributed by atoms with Crippen molar-refractivity contribution in [2.75, 3.05) is 11.9 Å². The molecule has 0 aliphatic heterocycles. The molecule has 5 nitrogen and oxygen atoms in total. The van der Waals surface area contributed by atoms with Crippen molar-refractivity contribution in [2.24, 2.45) is 12.8 Å². The molecule has 0 atom stereocenters. The van der Waals surface area contributed by atoms with E-state index >= 15 is 0 Å². The van der Waals surface area contributed by atoms with Gasteiger partial charge in [-0.15, -0.1) is 0 Å². The summed E-state index contributed by atoms with van der Waals surface area (Å²) in [5, 5.41) is 6.81. The van der Waals surface area contributed by atoms with Crippen molar-refractivity contribution < 1.29 is 4.79 Å². The molecule has 102 valence electrons. The van der Waals surface area contributed by atoms with Crippen LogP contribution in [-0.2, 0) is 7.05 Å². The number of carbonyl (C=O) groups excluding carboxylic acids is 1. The average Bonchev–Trinajstić information content (AvgIpc) is 2.82. The standard InChI is InChI=1S/C15H16N4O/c1-11-5-6-13(12(10-11)4-3-8-16)15(20)18-14-7-9-17-19(14)2/h5-7,9-10H,8,16H2,1-2H3,(H,18,20). The fourth-order valence-corrected chi connectivity index (χ4v) is 1.79. The number of amides is 1. The Labute approximate surface area is 117 Å². The number of carbonyl (C=O) groups is 1. The number of rotatable bonds is 2. The van der Waals surface area contributed by atoms with E-state index in [-0.39, 0.29) is 12.5 Å². The minimum absolute atomic E-state index is 0.213. The SMILES string of the molecule is Cc1ccc(C(=O)Nc2ccnn2C)c(C#CCN)c1. The zero-order valence-corrected chi connectivity index (χ0v) is 11.5. The molecule has 3 N–H and O–H groups in total.